The van der Waals surface area contributed by atoms with Gasteiger partial charge in [0.1, 0.15) is 0 Å². The Labute approximate surface area is 124 Å². The number of benzene rings is 1. The smallest absolute Gasteiger partial charge is 0.254 e. The van der Waals surface area contributed by atoms with Gasteiger partial charge in [0.25, 0.3) is 5.91 Å². The number of nitrogens with zero attached hydrogens (tertiary/aromatic N) is 1. The normalized spacial score (nSPS) is 18.3. The number of amides is 1. The SMILES string of the molecule is COc1ccc(C(=O)N2CCCC2CCCCl)cc1O. The molecule has 110 valence electrons. The first-order chi connectivity index (χ1) is 9.67. The number of phenolic OH excluding ortho intramolecular Hbond substituents is 1. The number of aromatic hydroxyl groups is 1. The molecule has 0 aromatic heterocycles. The summed E-state index contributed by atoms with van der Waals surface area (Å²) in [5.41, 5.74) is 0.501. The highest BCUT2D eigenvalue weighted by molar-refractivity contribution is 6.17. The van der Waals surface area contributed by atoms with Crippen molar-refractivity contribution in [3.63, 3.8) is 0 Å². The number of methoxy groups -OCH3 is 1. The highest BCUT2D eigenvalue weighted by Gasteiger charge is 2.29. The number of carbonyl (C=O) groups is 1. The van der Waals surface area contributed by atoms with Crippen LogP contribution < -0.4 is 4.74 Å². The van der Waals surface area contributed by atoms with Gasteiger partial charge in [-0.25, -0.2) is 0 Å². The maximum absolute atomic E-state index is 12.5. The number of likely N-dealkylation sites (tertiary alicyclic amines) is 1. The maximum atomic E-state index is 12.5. The average Bonchev–Trinajstić information content (AvgIpc) is 2.92. The van der Waals surface area contributed by atoms with Gasteiger partial charge in [-0.1, -0.05) is 0 Å². The summed E-state index contributed by atoms with van der Waals surface area (Å²) in [7, 11) is 1.49. The molecule has 5 heteroatoms. The van der Waals surface area contributed by atoms with Crippen molar-refractivity contribution >= 4 is 17.5 Å². The minimum absolute atomic E-state index is 0.00476. The molecule has 2 rings (SSSR count). The molecule has 1 saturated heterocycles. The molecular weight excluding hydrogens is 278 g/mol. The molecular formula is C15H20ClNO3. The van der Waals surface area contributed by atoms with Gasteiger partial charge in [-0.2, -0.15) is 0 Å². The lowest BCUT2D eigenvalue weighted by molar-refractivity contribution is 0.0729. The van der Waals surface area contributed by atoms with Gasteiger partial charge in [-0.15, -0.1) is 11.6 Å². The van der Waals surface area contributed by atoms with Gasteiger partial charge in [0.2, 0.25) is 0 Å². The Morgan fingerprint density at radius 1 is 1.55 bits per heavy atom. The largest absolute Gasteiger partial charge is 0.504 e. The van der Waals surface area contributed by atoms with Crippen LogP contribution in [0.5, 0.6) is 11.5 Å². The van der Waals surface area contributed by atoms with Crippen LogP contribution in [-0.2, 0) is 0 Å². The standard InChI is InChI=1S/C15H20ClNO3/c1-20-14-7-6-11(10-13(14)18)15(19)17-9-3-5-12(17)4-2-8-16/h6-7,10,12,18H,2-5,8-9H2,1H3. The Morgan fingerprint density at radius 2 is 2.35 bits per heavy atom. The Bertz CT molecular complexity index is 478. The molecule has 1 unspecified atom stereocenters. The fourth-order valence-electron chi connectivity index (χ4n) is 2.70. The van der Waals surface area contributed by atoms with E-state index < -0.39 is 0 Å². The van der Waals surface area contributed by atoms with E-state index in [4.69, 9.17) is 16.3 Å². The van der Waals surface area contributed by atoms with Crippen LogP contribution in [-0.4, -0.2) is 41.5 Å². The molecule has 0 saturated carbocycles. The van der Waals surface area contributed by atoms with Crippen LogP contribution in [0.2, 0.25) is 0 Å². The molecule has 1 aromatic carbocycles. The van der Waals surface area contributed by atoms with Crippen LogP contribution in [0.1, 0.15) is 36.0 Å². The second-order valence-electron chi connectivity index (χ2n) is 5.01. The zero-order valence-corrected chi connectivity index (χ0v) is 12.4. The summed E-state index contributed by atoms with van der Waals surface area (Å²) in [6.07, 6.45) is 3.92. The second kappa shape index (κ2) is 6.84. The molecule has 1 N–H and O–H groups in total. The molecule has 1 amide bonds. The minimum atomic E-state index is -0.0278. The van der Waals surface area contributed by atoms with E-state index in [1.54, 1.807) is 12.1 Å². The van der Waals surface area contributed by atoms with Crippen molar-refractivity contribution in [1.82, 2.24) is 4.90 Å². The first-order valence-electron chi connectivity index (χ1n) is 6.91. The minimum Gasteiger partial charge on any atom is -0.504 e. The number of halogens is 1. The molecule has 1 heterocycles. The molecule has 0 bridgehead atoms. The molecule has 0 radical (unpaired) electrons. The quantitative estimate of drug-likeness (QED) is 0.850. The van der Waals surface area contributed by atoms with E-state index in [1.807, 2.05) is 4.90 Å². The molecule has 1 fully saturated rings. The van der Waals surface area contributed by atoms with Gasteiger partial charge in [0.15, 0.2) is 11.5 Å². The fraction of sp³-hybridized carbons (Fsp3) is 0.533. The highest BCUT2D eigenvalue weighted by atomic mass is 35.5. The Kier molecular flexibility index (Phi) is 5.12. The molecule has 4 nitrogen and oxygen atoms in total. The third-order valence-electron chi connectivity index (χ3n) is 3.73. The van der Waals surface area contributed by atoms with E-state index in [1.165, 1.54) is 13.2 Å². The number of ether oxygens (including phenoxy) is 1. The van der Waals surface area contributed by atoms with E-state index in [2.05, 4.69) is 0 Å². The summed E-state index contributed by atoms with van der Waals surface area (Å²) in [5.74, 6) is 0.971. The Balaban J connectivity index is 2.11. The van der Waals surface area contributed by atoms with E-state index >= 15 is 0 Å². The van der Waals surface area contributed by atoms with Crippen molar-refractivity contribution in [2.45, 2.75) is 31.7 Å². The molecule has 0 spiro atoms. The van der Waals surface area contributed by atoms with Crippen LogP contribution in [0, 0.1) is 0 Å². The zero-order valence-electron chi connectivity index (χ0n) is 11.6. The van der Waals surface area contributed by atoms with Crippen LogP contribution in [0.3, 0.4) is 0 Å². The summed E-state index contributed by atoms with van der Waals surface area (Å²) >= 11 is 5.73. The molecule has 20 heavy (non-hydrogen) atoms. The average molecular weight is 298 g/mol. The molecule has 0 aliphatic carbocycles. The van der Waals surface area contributed by atoms with Crippen molar-refractivity contribution in [3.8, 4) is 11.5 Å². The predicted octanol–water partition coefficient (Wildman–Crippen LogP) is 3.02. The van der Waals surface area contributed by atoms with Crippen molar-refractivity contribution in [2.75, 3.05) is 19.5 Å². The lowest BCUT2D eigenvalue weighted by Crippen LogP contribution is -2.35. The number of carbonyl (C=O) groups excluding carboxylic acids is 1. The monoisotopic (exact) mass is 297 g/mol. The lowest BCUT2D eigenvalue weighted by atomic mass is 10.1. The maximum Gasteiger partial charge on any atom is 0.254 e. The summed E-state index contributed by atoms with van der Waals surface area (Å²) in [4.78, 5) is 14.4. The number of hydrogen-bond acceptors (Lipinski definition) is 3. The van der Waals surface area contributed by atoms with Crippen molar-refractivity contribution < 1.29 is 14.6 Å². The van der Waals surface area contributed by atoms with Crippen molar-refractivity contribution in [3.05, 3.63) is 23.8 Å². The van der Waals surface area contributed by atoms with Gasteiger partial charge in [0.05, 0.1) is 7.11 Å². The van der Waals surface area contributed by atoms with Gasteiger partial charge in [-0.3, -0.25) is 4.79 Å². The Morgan fingerprint density at radius 3 is 3.00 bits per heavy atom. The third-order valence-corrected chi connectivity index (χ3v) is 4.00. The van der Waals surface area contributed by atoms with Crippen LogP contribution in [0.25, 0.3) is 0 Å². The van der Waals surface area contributed by atoms with Gasteiger partial charge < -0.3 is 14.7 Å². The van der Waals surface area contributed by atoms with Gasteiger partial charge >= 0.3 is 0 Å². The number of phenols is 1. The third kappa shape index (κ3) is 3.18. The number of rotatable bonds is 5. The van der Waals surface area contributed by atoms with Crippen LogP contribution in [0.15, 0.2) is 18.2 Å². The van der Waals surface area contributed by atoms with Crippen molar-refractivity contribution in [2.24, 2.45) is 0 Å². The molecule has 1 atom stereocenters. The van der Waals surface area contributed by atoms with Gasteiger partial charge in [0, 0.05) is 24.0 Å². The topological polar surface area (TPSA) is 49.8 Å². The first kappa shape index (κ1) is 15.0. The van der Waals surface area contributed by atoms with Crippen molar-refractivity contribution in [1.29, 1.82) is 0 Å². The first-order valence-corrected chi connectivity index (χ1v) is 7.44. The molecule has 1 aliphatic heterocycles. The molecule has 1 aromatic rings. The summed E-state index contributed by atoms with van der Waals surface area (Å²) in [6.45, 7) is 0.776. The number of alkyl halides is 1. The van der Waals surface area contributed by atoms with E-state index in [-0.39, 0.29) is 17.7 Å². The fourth-order valence-corrected chi connectivity index (χ4v) is 2.86. The lowest BCUT2D eigenvalue weighted by Gasteiger charge is -2.24. The van der Waals surface area contributed by atoms with Gasteiger partial charge in [-0.05, 0) is 43.9 Å². The van der Waals surface area contributed by atoms with E-state index in [0.29, 0.717) is 17.2 Å². The summed E-state index contributed by atoms with van der Waals surface area (Å²) < 4.78 is 4.99. The second-order valence-corrected chi connectivity index (χ2v) is 5.39. The molecule has 1 aliphatic rings. The summed E-state index contributed by atoms with van der Waals surface area (Å²) in [6, 6.07) is 5.05. The van der Waals surface area contributed by atoms with Crippen LogP contribution >= 0.6 is 11.6 Å². The van der Waals surface area contributed by atoms with E-state index in [9.17, 15) is 9.90 Å². The van der Waals surface area contributed by atoms with E-state index in [0.717, 1.165) is 32.2 Å². The number of hydrogen-bond donors (Lipinski definition) is 1. The summed E-state index contributed by atoms with van der Waals surface area (Å²) in [5, 5.41) is 9.78. The highest BCUT2D eigenvalue weighted by Crippen LogP contribution is 2.29. The van der Waals surface area contributed by atoms with Crippen LogP contribution in [0.4, 0.5) is 0 Å². The Hall–Kier alpha value is -1.42. The zero-order chi connectivity index (χ0) is 14.5. The predicted molar refractivity (Wildman–Crippen MR) is 78.7 cm³/mol.